The van der Waals surface area contributed by atoms with Crippen LogP contribution >= 0.6 is 15.6 Å². The van der Waals surface area contributed by atoms with E-state index < -0.39 is 97.5 Å². The fourth-order valence-electron chi connectivity index (χ4n) is 12.5. The maximum absolute atomic E-state index is 13.1. The van der Waals surface area contributed by atoms with E-state index in [1.54, 1.807) is 0 Å². The monoisotopic (exact) mass is 1470 g/mol. The number of aliphatic hydroxyl groups is 1. The van der Waals surface area contributed by atoms with Crippen molar-refractivity contribution in [3.8, 4) is 0 Å². The first-order valence-electron chi connectivity index (χ1n) is 41.8. The first-order valence-corrected chi connectivity index (χ1v) is 44.8. The lowest BCUT2D eigenvalue weighted by molar-refractivity contribution is -0.161. The molecule has 0 saturated carbocycles. The normalized spacial score (nSPS) is 14.0. The molecule has 0 fully saturated rings. The summed E-state index contributed by atoms with van der Waals surface area (Å²) in [5.74, 6) is 0.274. The van der Waals surface area contributed by atoms with Crippen LogP contribution in [0.15, 0.2) is 0 Å². The first kappa shape index (κ1) is 98.1. The lowest BCUT2D eigenvalue weighted by atomic mass is 10.0. The molecule has 0 aromatic rings. The summed E-state index contributed by atoms with van der Waals surface area (Å²) >= 11 is 0. The predicted octanol–water partition coefficient (Wildman–Crippen LogP) is 24.1. The number of ether oxygens (including phenoxy) is 4. The van der Waals surface area contributed by atoms with Gasteiger partial charge in [0.05, 0.1) is 26.4 Å². The molecule has 0 amide bonds. The summed E-state index contributed by atoms with van der Waals surface area (Å²) in [6.45, 7) is 12.0. The van der Waals surface area contributed by atoms with Crippen LogP contribution in [0.25, 0.3) is 0 Å². The highest BCUT2D eigenvalue weighted by Gasteiger charge is 2.30. The largest absolute Gasteiger partial charge is 0.472 e. The van der Waals surface area contributed by atoms with E-state index in [0.717, 1.165) is 108 Å². The molecular formula is C81H158O17P2. The van der Waals surface area contributed by atoms with Crippen LogP contribution in [0.5, 0.6) is 0 Å². The maximum Gasteiger partial charge on any atom is 0.472 e. The molecular weight excluding hydrogens is 1310 g/mol. The minimum atomic E-state index is -4.96. The van der Waals surface area contributed by atoms with Gasteiger partial charge < -0.3 is 33.8 Å². The number of unbranched alkanes of at least 4 members (excludes halogenated alkanes) is 47. The molecule has 3 N–H and O–H groups in total. The van der Waals surface area contributed by atoms with E-state index in [2.05, 4.69) is 48.5 Å². The third kappa shape index (κ3) is 74.3. The van der Waals surface area contributed by atoms with E-state index in [0.29, 0.717) is 25.7 Å². The van der Waals surface area contributed by atoms with Crippen molar-refractivity contribution in [2.75, 3.05) is 39.6 Å². The Balaban J connectivity index is 5.23. The van der Waals surface area contributed by atoms with Crippen LogP contribution in [0.1, 0.15) is 421 Å². The number of hydrogen-bond donors (Lipinski definition) is 3. The van der Waals surface area contributed by atoms with Crippen molar-refractivity contribution in [3.63, 3.8) is 0 Å². The molecule has 100 heavy (non-hydrogen) atoms. The average Bonchev–Trinajstić information content (AvgIpc) is 0.922. The second-order valence-electron chi connectivity index (χ2n) is 30.6. The molecule has 0 aliphatic carbocycles. The van der Waals surface area contributed by atoms with Gasteiger partial charge in [0.25, 0.3) is 0 Å². The number of carbonyl (C=O) groups is 4. The van der Waals surface area contributed by atoms with Crippen LogP contribution in [-0.2, 0) is 65.4 Å². The minimum Gasteiger partial charge on any atom is -0.462 e. The van der Waals surface area contributed by atoms with Crippen LogP contribution in [0, 0.1) is 17.8 Å². The zero-order valence-corrected chi connectivity index (χ0v) is 67.5. The molecule has 0 aromatic carbocycles. The lowest BCUT2D eigenvalue weighted by Gasteiger charge is -2.21. The third-order valence-corrected chi connectivity index (χ3v) is 20.8. The standard InChI is InChI=1S/C81H158O17P2/c1-8-9-10-11-12-31-41-48-55-62-78(83)91-68-76(97-81(86)65-58-51-44-37-30-24-23-27-34-40-47-54-61-74(6)7)70-95-99(87,88)93-66-75(82)67-94-100(89,90)96-71-77(69-92-79(84)63-56-49-42-35-28-21-18-17-20-26-33-39-46-53-60-73(4)5)98-80(85)64-57-50-43-36-29-22-16-14-13-15-19-25-32-38-45-52-59-72(2)3/h72-77,82H,8-71H2,1-7H3,(H,87,88)(H,89,90)/t75-,76+,77+/m0/s1. The van der Waals surface area contributed by atoms with Crippen molar-refractivity contribution in [3.05, 3.63) is 0 Å². The second-order valence-corrected chi connectivity index (χ2v) is 33.5. The molecule has 0 aliphatic heterocycles. The number of carbonyl (C=O) groups excluding carboxylic acids is 4. The van der Waals surface area contributed by atoms with Crippen molar-refractivity contribution < 1.29 is 80.2 Å². The van der Waals surface area contributed by atoms with E-state index in [9.17, 15) is 43.2 Å². The van der Waals surface area contributed by atoms with Crippen molar-refractivity contribution in [2.45, 2.75) is 439 Å². The molecule has 0 aromatic heterocycles. The van der Waals surface area contributed by atoms with E-state index in [-0.39, 0.29) is 25.7 Å². The number of phosphoric acid groups is 2. The van der Waals surface area contributed by atoms with Gasteiger partial charge in [0.15, 0.2) is 12.2 Å². The van der Waals surface area contributed by atoms with Gasteiger partial charge in [0.1, 0.15) is 19.3 Å². The van der Waals surface area contributed by atoms with Crippen molar-refractivity contribution in [1.82, 2.24) is 0 Å². The molecule has 5 atom stereocenters. The Kier molecular flexibility index (Phi) is 69.9. The van der Waals surface area contributed by atoms with Crippen LogP contribution in [-0.4, -0.2) is 96.7 Å². The van der Waals surface area contributed by atoms with Gasteiger partial charge in [0.2, 0.25) is 0 Å². The van der Waals surface area contributed by atoms with Gasteiger partial charge in [-0.3, -0.25) is 37.3 Å². The minimum absolute atomic E-state index is 0.107. The van der Waals surface area contributed by atoms with Crippen molar-refractivity contribution in [1.29, 1.82) is 0 Å². The van der Waals surface area contributed by atoms with E-state index in [1.165, 1.54) is 231 Å². The Labute approximate surface area is 613 Å². The van der Waals surface area contributed by atoms with Gasteiger partial charge in [-0.15, -0.1) is 0 Å². The van der Waals surface area contributed by atoms with Crippen molar-refractivity contribution >= 4 is 39.5 Å². The van der Waals surface area contributed by atoms with Gasteiger partial charge in [-0.2, -0.15) is 0 Å². The van der Waals surface area contributed by atoms with Gasteiger partial charge in [-0.25, -0.2) is 9.13 Å². The molecule has 594 valence electrons. The quantitative estimate of drug-likeness (QED) is 0.0222. The number of hydrogen-bond acceptors (Lipinski definition) is 15. The summed E-state index contributed by atoms with van der Waals surface area (Å²) in [6.07, 6.45) is 59.6. The van der Waals surface area contributed by atoms with Gasteiger partial charge in [-0.05, 0) is 43.4 Å². The van der Waals surface area contributed by atoms with Crippen LogP contribution < -0.4 is 0 Å². The second kappa shape index (κ2) is 71.3. The molecule has 2 unspecified atom stereocenters. The molecule has 0 rings (SSSR count). The van der Waals surface area contributed by atoms with Crippen molar-refractivity contribution in [2.24, 2.45) is 17.8 Å². The Morgan fingerprint density at radius 1 is 0.270 bits per heavy atom. The number of aliphatic hydroxyl groups excluding tert-OH is 1. The maximum atomic E-state index is 13.1. The van der Waals surface area contributed by atoms with E-state index >= 15 is 0 Å². The highest BCUT2D eigenvalue weighted by Crippen LogP contribution is 2.45. The smallest absolute Gasteiger partial charge is 0.462 e. The molecule has 0 radical (unpaired) electrons. The lowest BCUT2D eigenvalue weighted by Crippen LogP contribution is -2.30. The van der Waals surface area contributed by atoms with Gasteiger partial charge >= 0.3 is 39.5 Å². The molecule has 19 heteroatoms. The Hall–Kier alpha value is -1.94. The Bertz CT molecular complexity index is 1940. The number of phosphoric ester groups is 2. The summed E-state index contributed by atoms with van der Waals surface area (Å²) in [5.41, 5.74) is 0. The summed E-state index contributed by atoms with van der Waals surface area (Å²) < 4.78 is 68.7. The first-order chi connectivity index (χ1) is 48.2. The van der Waals surface area contributed by atoms with Crippen LogP contribution in [0.3, 0.4) is 0 Å². The average molecular weight is 1470 g/mol. The number of rotatable bonds is 79. The molecule has 0 spiro atoms. The zero-order valence-electron chi connectivity index (χ0n) is 65.7. The zero-order chi connectivity index (χ0) is 73.7. The molecule has 0 heterocycles. The van der Waals surface area contributed by atoms with E-state index in [1.807, 2.05) is 0 Å². The highest BCUT2D eigenvalue weighted by atomic mass is 31.2. The topological polar surface area (TPSA) is 237 Å². The summed E-state index contributed by atoms with van der Waals surface area (Å²) in [4.78, 5) is 73.0. The Morgan fingerprint density at radius 3 is 0.680 bits per heavy atom. The summed E-state index contributed by atoms with van der Waals surface area (Å²) in [6, 6.07) is 0. The summed E-state index contributed by atoms with van der Waals surface area (Å²) in [5, 5.41) is 10.6. The molecule has 17 nitrogen and oxygen atoms in total. The Morgan fingerprint density at radius 2 is 0.460 bits per heavy atom. The molecule has 0 bridgehead atoms. The van der Waals surface area contributed by atoms with Crippen LogP contribution in [0.2, 0.25) is 0 Å². The fourth-order valence-corrected chi connectivity index (χ4v) is 14.1. The summed E-state index contributed by atoms with van der Waals surface area (Å²) in [7, 11) is -9.92. The van der Waals surface area contributed by atoms with Gasteiger partial charge in [-0.1, -0.05) is 370 Å². The fraction of sp³-hybridized carbons (Fsp3) is 0.951. The van der Waals surface area contributed by atoms with Gasteiger partial charge in [0, 0.05) is 25.7 Å². The molecule has 0 saturated heterocycles. The highest BCUT2D eigenvalue weighted by molar-refractivity contribution is 7.47. The predicted molar refractivity (Wildman–Crippen MR) is 409 cm³/mol. The van der Waals surface area contributed by atoms with Crippen LogP contribution in [0.4, 0.5) is 0 Å². The third-order valence-electron chi connectivity index (χ3n) is 18.9. The molecule has 0 aliphatic rings. The number of esters is 4. The van der Waals surface area contributed by atoms with E-state index in [4.69, 9.17) is 37.0 Å². The SMILES string of the molecule is CCCCCCCCCCCC(=O)OC[C@H](COP(=O)(O)OC[C@H](O)COP(=O)(O)OC[C@@H](COC(=O)CCCCCCCCCCCCCCCCC(C)C)OC(=O)CCCCCCCCCCCCCCCCCCC(C)C)OC(=O)CCCCCCCCCCCCCCC(C)C.